The number of hydrogen-bond acceptors (Lipinski definition) is 5. The molecule has 0 aliphatic heterocycles. The van der Waals surface area contributed by atoms with Crippen LogP contribution in [0.3, 0.4) is 0 Å². The first-order valence-electron chi connectivity index (χ1n) is 4.73. The Kier molecular flexibility index (Phi) is 3.28. The van der Waals surface area contributed by atoms with Crippen molar-refractivity contribution in [2.75, 3.05) is 6.26 Å². The predicted octanol–water partition coefficient (Wildman–Crippen LogP) is 2.81. The smallest absolute Gasteiger partial charge is 0.144 e. The lowest BCUT2D eigenvalue weighted by Gasteiger charge is -2.00. The minimum atomic E-state index is 0.448. The van der Waals surface area contributed by atoms with Gasteiger partial charge in [0.1, 0.15) is 17.2 Å². The SMILES string of the molecule is CSc1c(C)c(SC#N)n2c(C#N)cncc12. The van der Waals surface area contributed by atoms with Gasteiger partial charge >= 0.3 is 0 Å². The highest BCUT2D eigenvalue weighted by molar-refractivity contribution is 8.03. The summed E-state index contributed by atoms with van der Waals surface area (Å²) < 4.78 is 1.79. The van der Waals surface area contributed by atoms with Crippen molar-refractivity contribution in [3.63, 3.8) is 0 Å². The lowest BCUT2D eigenvalue weighted by molar-refractivity contribution is 0.985. The van der Waals surface area contributed by atoms with E-state index in [0.29, 0.717) is 5.69 Å². The van der Waals surface area contributed by atoms with Gasteiger partial charge in [0.25, 0.3) is 0 Å². The van der Waals surface area contributed by atoms with E-state index in [1.54, 1.807) is 22.4 Å². The summed E-state index contributed by atoms with van der Waals surface area (Å²) in [5, 5.41) is 20.8. The number of rotatable bonds is 2. The molecule has 0 saturated heterocycles. The van der Waals surface area contributed by atoms with E-state index in [0.717, 1.165) is 32.8 Å². The molecule has 0 unspecified atom stereocenters. The van der Waals surface area contributed by atoms with Crippen molar-refractivity contribution in [2.24, 2.45) is 0 Å². The van der Waals surface area contributed by atoms with E-state index in [1.807, 2.05) is 13.2 Å². The zero-order valence-corrected chi connectivity index (χ0v) is 10.9. The Hall–Kier alpha value is -1.63. The standard InChI is InChI=1S/C11H8N4S2/c1-7-10(16-2)9-5-14-4-8(3-12)15(9)11(7)17-6-13/h4-5H,1-2H3. The number of thiocyanates is 1. The van der Waals surface area contributed by atoms with Crippen LogP contribution in [-0.4, -0.2) is 15.6 Å². The molecule has 17 heavy (non-hydrogen) atoms. The van der Waals surface area contributed by atoms with Crippen molar-refractivity contribution in [3.8, 4) is 11.5 Å². The Morgan fingerprint density at radius 1 is 1.35 bits per heavy atom. The van der Waals surface area contributed by atoms with Gasteiger partial charge in [-0.15, -0.1) is 11.8 Å². The van der Waals surface area contributed by atoms with Gasteiger partial charge in [0.05, 0.1) is 22.9 Å². The maximum absolute atomic E-state index is 9.09. The molecule has 0 N–H and O–H groups in total. The normalized spacial score (nSPS) is 10.1. The van der Waals surface area contributed by atoms with Crippen LogP contribution in [0.4, 0.5) is 0 Å². The number of nitrogens with zero attached hydrogens (tertiary/aromatic N) is 4. The summed E-state index contributed by atoms with van der Waals surface area (Å²) in [6.07, 6.45) is 5.21. The zero-order chi connectivity index (χ0) is 12.4. The molecule has 0 radical (unpaired) electrons. The van der Waals surface area contributed by atoms with E-state index >= 15 is 0 Å². The first kappa shape index (κ1) is 11.8. The lowest BCUT2D eigenvalue weighted by Crippen LogP contribution is -1.94. The molecule has 0 aliphatic rings. The molecule has 0 aromatic carbocycles. The van der Waals surface area contributed by atoms with Crippen molar-refractivity contribution in [1.82, 2.24) is 9.38 Å². The molecule has 0 saturated carbocycles. The summed E-state index contributed by atoms with van der Waals surface area (Å²) in [4.78, 5) is 5.12. The molecule has 0 bridgehead atoms. The maximum atomic E-state index is 9.09. The average Bonchev–Trinajstić information content (AvgIpc) is 2.62. The van der Waals surface area contributed by atoms with Gasteiger partial charge in [-0.05, 0) is 18.7 Å². The van der Waals surface area contributed by atoms with Crippen LogP contribution in [0.5, 0.6) is 0 Å². The Balaban J connectivity index is 2.93. The van der Waals surface area contributed by atoms with Crippen LogP contribution in [0.25, 0.3) is 5.52 Å². The number of aromatic nitrogens is 2. The molecular weight excluding hydrogens is 252 g/mol. The summed E-state index contributed by atoms with van der Waals surface area (Å²) in [7, 11) is 0. The van der Waals surface area contributed by atoms with Gasteiger partial charge in [0.2, 0.25) is 0 Å². The third kappa shape index (κ3) is 1.76. The molecule has 2 aromatic heterocycles. The molecule has 0 amide bonds. The third-order valence-corrected chi connectivity index (χ3v) is 4.13. The van der Waals surface area contributed by atoms with Crippen molar-refractivity contribution in [1.29, 1.82) is 10.5 Å². The average molecular weight is 260 g/mol. The Morgan fingerprint density at radius 2 is 2.12 bits per heavy atom. The van der Waals surface area contributed by atoms with E-state index in [-0.39, 0.29) is 0 Å². The second-order valence-electron chi connectivity index (χ2n) is 3.28. The molecule has 4 nitrogen and oxygen atoms in total. The highest BCUT2D eigenvalue weighted by Crippen LogP contribution is 2.35. The summed E-state index contributed by atoms with van der Waals surface area (Å²) in [6, 6.07) is 2.10. The van der Waals surface area contributed by atoms with Gasteiger partial charge in [0.15, 0.2) is 0 Å². The first-order chi connectivity index (χ1) is 8.24. The van der Waals surface area contributed by atoms with Crippen LogP contribution in [0.1, 0.15) is 11.3 Å². The van der Waals surface area contributed by atoms with Gasteiger partial charge in [-0.1, -0.05) is 0 Å². The fourth-order valence-corrected chi connectivity index (χ4v) is 3.21. The van der Waals surface area contributed by atoms with E-state index in [1.165, 1.54) is 6.20 Å². The van der Waals surface area contributed by atoms with E-state index in [2.05, 4.69) is 16.5 Å². The number of nitriles is 2. The van der Waals surface area contributed by atoms with Crippen LogP contribution in [0.15, 0.2) is 22.3 Å². The predicted molar refractivity (Wildman–Crippen MR) is 67.9 cm³/mol. The summed E-state index contributed by atoms with van der Waals surface area (Å²) in [5.74, 6) is 0. The van der Waals surface area contributed by atoms with Crippen LogP contribution in [0, 0.1) is 28.9 Å². The topological polar surface area (TPSA) is 64.9 Å². The second kappa shape index (κ2) is 4.70. The largest absolute Gasteiger partial charge is 0.291 e. The summed E-state index contributed by atoms with van der Waals surface area (Å²) >= 11 is 2.67. The van der Waals surface area contributed by atoms with Crippen LogP contribution in [0.2, 0.25) is 0 Å². The summed E-state index contributed by atoms with van der Waals surface area (Å²) in [5.41, 5.74) is 2.35. The number of thioether (sulfide) groups is 2. The van der Waals surface area contributed by atoms with Gasteiger partial charge in [0, 0.05) is 16.7 Å². The fraction of sp³-hybridized carbons (Fsp3) is 0.182. The monoisotopic (exact) mass is 260 g/mol. The van der Waals surface area contributed by atoms with Crippen LogP contribution >= 0.6 is 23.5 Å². The molecule has 84 valence electrons. The molecular formula is C11H8N4S2. The van der Waals surface area contributed by atoms with Crippen molar-refractivity contribution < 1.29 is 0 Å². The molecule has 6 heteroatoms. The molecule has 2 rings (SSSR count). The molecule has 2 heterocycles. The minimum absolute atomic E-state index is 0.448. The van der Waals surface area contributed by atoms with Crippen LogP contribution in [-0.2, 0) is 0 Å². The quantitative estimate of drug-likeness (QED) is 0.613. The van der Waals surface area contributed by atoms with Crippen molar-refractivity contribution >= 4 is 29.0 Å². The van der Waals surface area contributed by atoms with Gasteiger partial charge < -0.3 is 0 Å². The highest BCUT2D eigenvalue weighted by Gasteiger charge is 2.17. The molecule has 2 aromatic rings. The molecule has 0 atom stereocenters. The molecule has 0 fully saturated rings. The zero-order valence-electron chi connectivity index (χ0n) is 9.26. The Bertz CT molecular complexity index is 661. The third-order valence-electron chi connectivity index (χ3n) is 2.43. The van der Waals surface area contributed by atoms with E-state index < -0.39 is 0 Å². The van der Waals surface area contributed by atoms with Gasteiger partial charge in [-0.2, -0.15) is 10.5 Å². The van der Waals surface area contributed by atoms with Crippen molar-refractivity contribution in [2.45, 2.75) is 16.8 Å². The fourth-order valence-electron chi connectivity index (χ4n) is 1.76. The Labute approximate surface area is 107 Å². The maximum Gasteiger partial charge on any atom is 0.144 e. The highest BCUT2D eigenvalue weighted by atomic mass is 32.2. The number of fused-ring (bicyclic) bond motifs is 1. The van der Waals surface area contributed by atoms with Crippen molar-refractivity contribution in [3.05, 3.63) is 23.7 Å². The van der Waals surface area contributed by atoms with Gasteiger partial charge in [-0.25, -0.2) is 0 Å². The van der Waals surface area contributed by atoms with E-state index in [4.69, 9.17) is 10.5 Å². The van der Waals surface area contributed by atoms with E-state index in [9.17, 15) is 0 Å². The lowest BCUT2D eigenvalue weighted by atomic mass is 10.4. The number of hydrogen-bond donors (Lipinski definition) is 0. The first-order valence-corrected chi connectivity index (χ1v) is 6.77. The minimum Gasteiger partial charge on any atom is -0.291 e. The van der Waals surface area contributed by atoms with Crippen LogP contribution < -0.4 is 0 Å². The summed E-state index contributed by atoms with van der Waals surface area (Å²) in [6.45, 7) is 1.96. The molecule has 0 aliphatic carbocycles. The Morgan fingerprint density at radius 3 is 2.71 bits per heavy atom. The molecule has 0 spiro atoms. The van der Waals surface area contributed by atoms with Gasteiger partial charge in [-0.3, -0.25) is 9.38 Å². The second-order valence-corrected chi connectivity index (χ2v) is 4.87.